The van der Waals surface area contributed by atoms with Crippen molar-refractivity contribution in [3.8, 4) is 0 Å². The van der Waals surface area contributed by atoms with Gasteiger partial charge in [0.15, 0.2) is 0 Å². The van der Waals surface area contributed by atoms with Crippen LogP contribution < -0.4 is 15.5 Å². The van der Waals surface area contributed by atoms with Crippen molar-refractivity contribution in [3.05, 3.63) is 46.2 Å². The van der Waals surface area contributed by atoms with E-state index in [2.05, 4.69) is 46.7 Å². The Balaban J connectivity index is 1.35. The first-order chi connectivity index (χ1) is 13.6. The summed E-state index contributed by atoms with van der Waals surface area (Å²) < 4.78 is 0. The maximum atomic E-state index is 4.78. The molecule has 0 amide bonds. The summed E-state index contributed by atoms with van der Waals surface area (Å²) in [5.74, 6) is 1.71. The quantitative estimate of drug-likeness (QED) is 0.640. The SMILES string of the molecule is Cc1ccc(CNC2CCC(Nc3nc(N(C)C)c4ccccc4n3)CC2)s1. The van der Waals surface area contributed by atoms with Gasteiger partial charge in [-0.3, -0.25) is 0 Å². The van der Waals surface area contributed by atoms with E-state index in [4.69, 9.17) is 9.97 Å². The Labute approximate surface area is 171 Å². The number of thiophene rings is 1. The van der Waals surface area contributed by atoms with E-state index in [1.807, 2.05) is 37.6 Å². The zero-order chi connectivity index (χ0) is 19.5. The van der Waals surface area contributed by atoms with Crippen LogP contribution in [0.15, 0.2) is 36.4 Å². The van der Waals surface area contributed by atoms with Gasteiger partial charge in [-0.1, -0.05) is 12.1 Å². The molecule has 148 valence electrons. The van der Waals surface area contributed by atoms with E-state index in [1.165, 1.54) is 22.6 Å². The minimum absolute atomic E-state index is 0.443. The number of nitrogens with one attached hydrogen (secondary N) is 2. The zero-order valence-corrected chi connectivity index (χ0v) is 17.7. The van der Waals surface area contributed by atoms with E-state index in [0.717, 1.165) is 42.1 Å². The van der Waals surface area contributed by atoms with Gasteiger partial charge in [-0.05, 0) is 56.9 Å². The fourth-order valence-corrected chi connectivity index (χ4v) is 4.76. The third kappa shape index (κ3) is 4.45. The average molecular weight is 396 g/mol. The van der Waals surface area contributed by atoms with E-state index in [-0.39, 0.29) is 0 Å². The number of fused-ring (bicyclic) bond motifs is 1. The van der Waals surface area contributed by atoms with Gasteiger partial charge >= 0.3 is 0 Å². The van der Waals surface area contributed by atoms with E-state index >= 15 is 0 Å². The second-order valence-corrected chi connectivity index (χ2v) is 9.24. The molecule has 5 nitrogen and oxygen atoms in total. The van der Waals surface area contributed by atoms with Crippen LogP contribution in [0, 0.1) is 6.92 Å². The third-order valence-corrected chi connectivity index (χ3v) is 6.43. The van der Waals surface area contributed by atoms with Crippen LogP contribution >= 0.6 is 11.3 Å². The number of aromatic nitrogens is 2. The topological polar surface area (TPSA) is 53.1 Å². The summed E-state index contributed by atoms with van der Waals surface area (Å²) in [5, 5.41) is 8.41. The standard InChI is InChI=1S/C22H29N5S/c1-15-8-13-18(28-15)14-23-16-9-11-17(12-10-16)24-22-25-20-7-5-4-6-19(20)21(26-22)27(2)3/h4-8,13,16-17,23H,9-12,14H2,1-3H3,(H,24,25,26). The molecular formula is C22H29N5S. The monoisotopic (exact) mass is 395 g/mol. The highest BCUT2D eigenvalue weighted by Gasteiger charge is 2.22. The Hall–Kier alpha value is -2.18. The molecule has 0 aliphatic heterocycles. The van der Waals surface area contributed by atoms with Gasteiger partial charge in [0.25, 0.3) is 0 Å². The summed E-state index contributed by atoms with van der Waals surface area (Å²) >= 11 is 1.89. The summed E-state index contributed by atoms with van der Waals surface area (Å²) in [6, 6.07) is 13.7. The van der Waals surface area contributed by atoms with Crippen molar-refractivity contribution < 1.29 is 0 Å². The molecule has 4 rings (SSSR count). The van der Waals surface area contributed by atoms with Crippen LogP contribution in [-0.2, 0) is 6.54 Å². The zero-order valence-electron chi connectivity index (χ0n) is 16.9. The lowest BCUT2D eigenvalue weighted by molar-refractivity contribution is 0.353. The summed E-state index contributed by atoms with van der Waals surface area (Å²) in [6.45, 7) is 3.16. The van der Waals surface area contributed by atoms with Gasteiger partial charge in [0.05, 0.1) is 5.52 Å². The van der Waals surface area contributed by atoms with Gasteiger partial charge in [-0.15, -0.1) is 11.3 Å². The van der Waals surface area contributed by atoms with Crippen LogP contribution in [0.4, 0.5) is 11.8 Å². The molecule has 2 heterocycles. The highest BCUT2D eigenvalue weighted by atomic mass is 32.1. The van der Waals surface area contributed by atoms with Crippen molar-refractivity contribution in [3.63, 3.8) is 0 Å². The van der Waals surface area contributed by atoms with Crippen molar-refractivity contribution in [1.29, 1.82) is 0 Å². The number of para-hydroxylation sites is 1. The number of hydrogen-bond acceptors (Lipinski definition) is 6. The Morgan fingerprint density at radius 3 is 2.46 bits per heavy atom. The summed E-state index contributed by atoms with van der Waals surface area (Å²) in [5.41, 5.74) is 0.991. The van der Waals surface area contributed by atoms with E-state index in [9.17, 15) is 0 Å². The van der Waals surface area contributed by atoms with Crippen molar-refractivity contribution in [2.24, 2.45) is 0 Å². The number of benzene rings is 1. The molecule has 0 unspecified atom stereocenters. The smallest absolute Gasteiger partial charge is 0.225 e. The van der Waals surface area contributed by atoms with Crippen molar-refractivity contribution >= 4 is 34.0 Å². The fourth-order valence-electron chi connectivity index (χ4n) is 3.91. The van der Waals surface area contributed by atoms with Crippen LogP contribution in [0.5, 0.6) is 0 Å². The van der Waals surface area contributed by atoms with Gasteiger partial charge < -0.3 is 15.5 Å². The lowest BCUT2D eigenvalue weighted by atomic mass is 9.91. The van der Waals surface area contributed by atoms with E-state index < -0.39 is 0 Å². The van der Waals surface area contributed by atoms with Crippen LogP contribution in [0.3, 0.4) is 0 Å². The highest BCUT2D eigenvalue weighted by Crippen LogP contribution is 2.26. The van der Waals surface area contributed by atoms with Crippen LogP contribution in [-0.4, -0.2) is 36.1 Å². The molecule has 3 aromatic rings. The molecule has 1 saturated carbocycles. The maximum absolute atomic E-state index is 4.78. The van der Waals surface area contributed by atoms with Crippen LogP contribution in [0.2, 0.25) is 0 Å². The molecule has 1 aromatic carbocycles. The first kappa shape index (κ1) is 19.2. The molecule has 0 bridgehead atoms. The molecule has 0 saturated heterocycles. The van der Waals surface area contributed by atoms with Crippen molar-refractivity contribution in [1.82, 2.24) is 15.3 Å². The first-order valence-electron chi connectivity index (χ1n) is 10.1. The van der Waals surface area contributed by atoms with Crippen LogP contribution in [0.25, 0.3) is 10.9 Å². The van der Waals surface area contributed by atoms with Gasteiger partial charge in [0, 0.05) is 47.9 Å². The molecule has 0 radical (unpaired) electrons. The molecule has 0 spiro atoms. The van der Waals surface area contributed by atoms with E-state index in [0.29, 0.717) is 12.1 Å². The number of aryl methyl sites for hydroxylation is 1. The minimum atomic E-state index is 0.443. The summed E-state index contributed by atoms with van der Waals surface area (Å²) in [7, 11) is 4.06. The van der Waals surface area contributed by atoms with Gasteiger partial charge in [-0.25, -0.2) is 4.98 Å². The Morgan fingerprint density at radius 2 is 1.75 bits per heavy atom. The van der Waals surface area contributed by atoms with E-state index in [1.54, 1.807) is 0 Å². The number of hydrogen-bond donors (Lipinski definition) is 2. The third-order valence-electron chi connectivity index (χ3n) is 5.43. The largest absolute Gasteiger partial charge is 0.362 e. The predicted molar refractivity (Wildman–Crippen MR) is 119 cm³/mol. The highest BCUT2D eigenvalue weighted by molar-refractivity contribution is 7.11. The lowest BCUT2D eigenvalue weighted by Gasteiger charge is -2.30. The Morgan fingerprint density at radius 1 is 1.00 bits per heavy atom. The molecule has 6 heteroatoms. The number of anilines is 2. The summed E-state index contributed by atoms with van der Waals surface area (Å²) in [6.07, 6.45) is 4.68. The predicted octanol–water partition coefficient (Wildman–Crippen LogP) is 4.58. The first-order valence-corrected chi connectivity index (χ1v) is 10.9. The van der Waals surface area contributed by atoms with Crippen molar-refractivity contribution in [2.45, 2.75) is 51.2 Å². The molecule has 2 aromatic heterocycles. The Kier molecular flexibility index (Phi) is 5.78. The fraction of sp³-hybridized carbons (Fsp3) is 0.455. The summed E-state index contributed by atoms with van der Waals surface area (Å²) in [4.78, 5) is 14.4. The molecular weight excluding hydrogens is 366 g/mol. The molecule has 1 aliphatic carbocycles. The minimum Gasteiger partial charge on any atom is -0.362 e. The second-order valence-electron chi connectivity index (χ2n) is 7.87. The average Bonchev–Trinajstić information content (AvgIpc) is 3.12. The van der Waals surface area contributed by atoms with Gasteiger partial charge in [0.1, 0.15) is 5.82 Å². The molecule has 1 fully saturated rings. The van der Waals surface area contributed by atoms with Gasteiger partial charge in [-0.2, -0.15) is 4.98 Å². The molecule has 2 N–H and O–H groups in total. The maximum Gasteiger partial charge on any atom is 0.225 e. The van der Waals surface area contributed by atoms with Crippen molar-refractivity contribution in [2.75, 3.05) is 24.3 Å². The lowest BCUT2D eigenvalue weighted by Crippen LogP contribution is -2.36. The molecule has 28 heavy (non-hydrogen) atoms. The van der Waals surface area contributed by atoms with Gasteiger partial charge in [0.2, 0.25) is 5.95 Å². The Bertz CT molecular complexity index is 928. The number of rotatable bonds is 6. The normalized spacial score (nSPS) is 19.7. The molecule has 1 aliphatic rings. The number of nitrogens with zero attached hydrogens (tertiary/aromatic N) is 3. The van der Waals surface area contributed by atoms with Crippen LogP contribution in [0.1, 0.15) is 35.4 Å². The second kappa shape index (κ2) is 8.45. The molecule has 0 atom stereocenters.